The van der Waals surface area contributed by atoms with E-state index in [-0.39, 0.29) is 0 Å². The summed E-state index contributed by atoms with van der Waals surface area (Å²) in [5, 5.41) is 7.84. The molecule has 0 aromatic carbocycles. The van der Waals surface area contributed by atoms with Gasteiger partial charge < -0.3 is 5.41 Å². The first-order valence-electron chi connectivity index (χ1n) is 7.87. The molecule has 0 unspecified atom stereocenters. The summed E-state index contributed by atoms with van der Waals surface area (Å²) in [6.07, 6.45) is 16.8. The second kappa shape index (κ2) is 13.7. The summed E-state index contributed by atoms with van der Waals surface area (Å²) in [6, 6.07) is 0. The van der Waals surface area contributed by atoms with Gasteiger partial charge in [-0.2, -0.15) is 0 Å². The number of nitrogens with one attached hydrogen (secondary N) is 1. The van der Waals surface area contributed by atoms with Crippen LogP contribution < -0.4 is 0 Å². The Morgan fingerprint density at radius 2 is 0.941 bits per heavy atom. The lowest BCUT2D eigenvalue weighted by Crippen LogP contribution is -1.96. The van der Waals surface area contributed by atoms with Gasteiger partial charge in [-0.05, 0) is 25.7 Å². The summed E-state index contributed by atoms with van der Waals surface area (Å²) < 4.78 is 0. The van der Waals surface area contributed by atoms with Crippen LogP contribution in [0.1, 0.15) is 97.3 Å². The third kappa shape index (κ3) is 13.6. The molecule has 1 nitrogen and oxygen atoms in total. The van der Waals surface area contributed by atoms with E-state index >= 15 is 0 Å². The van der Waals surface area contributed by atoms with Crippen molar-refractivity contribution in [1.29, 1.82) is 5.41 Å². The van der Waals surface area contributed by atoms with Crippen molar-refractivity contribution in [1.82, 2.24) is 0 Å². The van der Waals surface area contributed by atoms with Gasteiger partial charge in [-0.15, -0.1) is 0 Å². The van der Waals surface area contributed by atoms with Gasteiger partial charge in [0.25, 0.3) is 0 Å². The fraction of sp³-hybridized carbons (Fsp3) is 0.938. The largest absolute Gasteiger partial charge is 0.310 e. The van der Waals surface area contributed by atoms with E-state index in [9.17, 15) is 0 Å². The highest BCUT2D eigenvalue weighted by atomic mass is 14.4. The molecule has 17 heavy (non-hydrogen) atoms. The number of unbranched alkanes of at least 4 members (excludes halogenated alkanes) is 9. The third-order valence-corrected chi connectivity index (χ3v) is 3.41. The Morgan fingerprint density at radius 3 is 1.47 bits per heavy atom. The average Bonchev–Trinajstić information content (AvgIpc) is 2.33. The van der Waals surface area contributed by atoms with Crippen LogP contribution >= 0.6 is 0 Å². The van der Waals surface area contributed by atoms with E-state index in [0.717, 1.165) is 18.6 Å². The molecule has 0 spiro atoms. The van der Waals surface area contributed by atoms with E-state index in [1.807, 2.05) is 0 Å². The molecule has 0 aliphatic rings. The lowest BCUT2D eigenvalue weighted by molar-refractivity contribution is 0.578. The molecule has 0 atom stereocenters. The van der Waals surface area contributed by atoms with Gasteiger partial charge in [-0.25, -0.2) is 0 Å². The van der Waals surface area contributed by atoms with Crippen LogP contribution in [0.5, 0.6) is 0 Å². The minimum atomic E-state index is 0.990. The second-order valence-electron chi connectivity index (χ2n) is 5.29. The van der Waals surface area contributed by atoms with E-state index in [1.54, 1.807) is 0 Å². The van der Waals surface area contributed by atoms with Crippen molar-refractivity contribution in [3.63, 3.8) is 0 Å². The first-order chi connectivity index (χ1) is 8.31. The van der Waals surface area contributed by atoms with Gasteiger partial charge in [0, 0.05) is 5.71 Å². The molecule has 0 saturated heterocycles. The van der Waals surface area contributed by atoms with Crippen LogP contribution in [0, 0.1) is 5.41 Å². The van der Waals surface area contributed by atoms with Gasteiger partial charge in [-0.3, -0.25) is 0 Å². The highest BCUT2D eigenvalue weighted by Gasteiger charge is 1.97. The number of hydrogen-bond acceptors (Lipinski definition) is 1. The Bertz CT molecular complexity index is 163. The van der Waals surface area contributed by atoms with Gasteiger partial charge in [0.15, 0.2) is 0 Å². The van der Waals surface area contributed by atoms with Crippen molar-refractivity contribution in [2.45, 2.75) is 97.3 Å². The highest BCUT2D eigenvalue weighted by Crippen LogP contribution is 2.11. The molecular weight excluding hydrogens is 206 g/mol. The van der Waals surface area contributed by atoms with Crippen LogP contribution in [-0.4, -0.2) is 5.71 Å². The predicted octanol–water partition coefficient (Wildman–Crippen LogP) is 6.12. The Kier molecular flexibility index (Phi) is 13.5. The van der Waals surface area contributed by atoms with Crippen molar-refractivity contribution in [2.24, 2.45) is 0 Å². The molecule has 0 aliphatic carbocycles. The maximum absolute atomic E-state index is 7.84. The lowest BCUT2D eigenvalue weighted by atomic mass is 10.0. The predicted molar refractivity (Wildman–Crippen MR) is 79.1 cm³/mol. The summed E-state index contributed by atoms with van der Waals surface area (Å²) in [4.78, 5) is 0. The molecule has 0 amide bonds. The first kappa shape index (κ1) is 16.7. The molecule has 0 bridgehead atoms. The molecule has 0 radical (unpaired) electrons. The Morgan fingerprint density at radius 1 is 0.588 bits per heavy atom. The molecule has 1 heteroatoms. The van der Waals surface area contributed by atoms with Crippen LogP contribution in [0.15, 0.2) is 0 Å². The Hall–Kier alpha value is -0.330. The van der Waals surface area contributed by atoms with Crippen LogP contribution in [0.4, 0.5) is 0 Å². The monoisotopic (exact) mass is 239 g/mol. The fourth-order valence-corrected chi connectivity index (χ4v) is 2.19. The molecule has 0 aliphatic heterocycles. The molecule has 0 saturated carbocycles. The summed E-state index contributed by atoms with van der Waals surface area (Å²) >= 11 is 0. The standard InChI is InChI=1S/C16H33N/c1-3-5-7-8-9-10-11-13-15-16(17)14-12-6-4-2/h17H,3-15H2,1-2H3. The normalized spacial score (nSPS) is 10.7. The van der Waals surface area contributed by atoms with E-state index in [4.69, 9.17) is 5.41 Å². The zero-order chi connectivity index (χ0) is 12.8. The number of hydrogen-bond donors (Lipinski definition) is 1. The van der Waals surface area contributed by atoms with E-state index < -0.39 is 0 Å². The van der Waals surface area contributed by atoms with Crippen molar-refractivity contribution < 1.29 is 0 Å². The molecule has 0 rings (SSSR count). The number of rotatable bonds is 13. The van der Waals surface area contributed by atoms with Crippen molar-refractivity contribution >= 4 is 5.71 Å². The smallest absolute Gasteiger partial charge is 0.00891 e. The molecule has 0 fully saturated rings. The van der Waals surface area contributed by atoms with Crippen LogP contribution in [0.25, 0.3) is 0 Å². The highest BCUT2D eigenvalue weighted by molar-refractivity contribution is 5.81. The lowest BCUT2D eigenvalue weighted by Gasteiger charge is -2.04. The van der Waals surface area contributed by atoms with Gasteiger partial charge in [0.1, 0.15) is 0 Å². The summed E-state index contributed by atoms with van der Waals surface area (Å²) in [5.41, 5.74) is 0.990. The molecule has 0 heterocycles. The van der Waals surface area contributed by atoms with Gasteiger partial charge in [0.2, 0.25) is 0 Å². The van der Waals surface area contributed by atoms with Gasteiger partial charge in [0.05, 0.1) is 0 Å². The fourth-order valence-electron chi connectivity index (χ4n) is 2.19. The quantitative estimate of drug-likeness (QED) is 0.296. The van der Waals surface area contributed by atoms with Crippen molar-refractivity contribution in [2.75, 3.05) is 0 Å². The molecule has 0 aromatic rings. The summed E-state index contributed by atoms with van der Waals surface area (Å²) in [7, 11) is 0. The van der Waals surface area contributed by atoms with Gasteiger partial charge >= 0.3 is 0 Å². The molecule has 1 N–H and O–H groups in total. The maximum atomic E-state index is 7.84. The molecular formula is C16H33N. The Labute approximate surface area is 109 Å². The SMILES string of the molecule is CCCCCCCCCCC(=N)CCCCC. The first-order valence-corrected chi connectivity index (χ1v) is 7.87. The van der Waals surface area contributed by atoms with Crippen molar-refractivity contribution in [3.05, 3.63) is 0 Å². The maximum Gasteiger partial charge on any atom is 0.00891 e. The van der Waals surface area contributed by atoms with E-state index in [0.29, 0.717) is 0 Å². The van der Waals surface area contributed by atoms with Crippen LogP contribution in [-0.2, 0) is 0 Å². The van der Waals surface area contributed by atoms with E-state index in [2.05, 4.69) is 13.8 Å². The second-order valence-corrected chi connectivity index (χ2v) is 5.29. The molecule has 102 valence electrons. The minimum Gasteiger partial charge on any atom is -0.310 e. The van der Waals surface area contributed by atoms with Crippen molar-refractivity contribution in [3.8, 4) is 0 Å². The van der Waals surface area contributed by atoms with E-state index in [1.165, 1.54) is 70.6 Å². The van der Waals surface area contributed by atoms with Crippen LogP contribution in [0.3, 0.4) is 0 Å². The minimum absolute atomic E-state index is 0.990. The zero-order valence-electron chi connectivity index (χ0n) is 12.2. The molecule has 0 aromatic heterocycles. The average molecular weight is 239 g/mol. The van der Waals surface area contributed by atoms with Gasteiger partial charge in [-0.1, -0.05) is 71.6 Å². The third-order valence-electron chi connectivity index (χ3n) is 3.41. The topological polar surface area (TPSA) is 23.9 Å². The Balaban J connectivity index is 3.08. The summed E-state index contributed by atoms with van der Waals surface area (Å²) in [5.74, 6) is 0. The van der Waals surface area contributed by atoms with Crippen LogP contribution in [0.2, 0.25) is 0 Å². The summed E-state index contributed by atoms with van der Waals surface area (Å²) in [6.45, 7) is 4.49. The zero-order valence-corrected chi connectivity index (χ0v) is 12.2.